The standard InChI is InChI=1S/C45H65N5O13.C36H58N2O12.C9H9N3O2/c1-13-36-45(10,55)41-26(4)37(48-29(7)51)24(2)19-44(9,57-23-32(22-56-41)49-58-21-31-14-15-33(46-20-31)35-16-17-47-63-35)40(27(5)38(53)28(6)42(54)61-36)62-43-39(60-30(8)52)34(50(11)12)18-25(3)59-43;1-13-27-36(10,44)32-20(4)28(37-23(7)39)18(2)15-35(9,46-17-25(41)16-45-32)31(21(5)29(42)22(6)33(43)49-27)50-34-30(48-24(8)40)26(38(11)12)14-19(3)47-34;10-13-6-7-1-2-8(11-5-7)9-3-4-12-14-9/h14-17,20,24-28,34,36,39-41,43,55H,13,18-19,21-23H2,1-12H3;18-22,26-27,30-32,34,44H,13-17H2,1-12H3;1-5H,6,10H2/t24-,25-,26+,27+,28-,34+,36-,39-,40-,41-,43+,44-,45-;18-,19-,20+,21+,22-,26+,27-,30-,31-,32-,34+,35-,36-;/m11./s1. The summed E-state index contributed by atoms with van der Waals surface area (Å²) >= 11 is 0. The molecule has 6 aliphatic heterocycles. The number of aliphatic hydroxyl groups is 2. The molecule has 10 rings (SSSR count). The second-order valence-corrected chi connectivity index (χ2v) is 35.6. The van der Waals surface area contributed by atoms with Gasteiger partial charge in [0.1, 0.15) is 72.2 Å². The molecule has 26 atom stereocenters. The van der Waals surface area contributed by atoms with E-state index in [1.165, 1.54) is 61.6 Å². The quantitative estimate of drug-likeness (QED) is 0.0385. The van der Waals surface area contributed by atoms with Crippen molar-refractivity contribution in [3.8, 4) is 22.9 Å². The van der Waals surface area contributed by atoms with Gasteiger partial charge in [-0.05, 0) is 152 Å². The highest BCUT2D eigenvalue weighted by Gasteiger charge is 2.57. The number of hydrogen-bond acceptors (Lipinski definition) is 35. The van der Waals surface area contributed by atoms with Crippen molar-refractivity contribution in [3.63, 3.8) is 0 Å². The number of amides is 2. The van der Waals surface area contributed by atoms with Crippen LogP contribution < -0.4 is 5.90 Å². The molecule has 0 saturated carbocycles. The average Bonchev–Trinajstić information content (AvgIpc) is 1.66. The van der Waals surface area contributed by atoms with Crippen molar-refractivity contribution in [2.45, 2.75) is 298 Å². The van der Waals surface area contributed by atoms with Crippen LogP contribution in [0.15, 0.2) is 85.4 Å². The van der Waals surface area contributed by atoms with Gasteiger partial charge in [-0.2, -0.15) is 0 Å². The van der Waals surface area contributed by atoms with E-state index in [4.69, 9.17) is 76.6 Å². The molecule has 4 aromatic heterocycles. The topological polar surface area (TPSA) is 471 Å². The Morgan fingerprint density at radius 3 is 1.30 bits per heavy atom. The van der Waals surface area contributed by atoms with Crippen LogP contribution in [0.1, 0.15) is 188 Å². The Bertz CT molecular complexity index is 4430. The maximum Gasteiger partial charge on any atom is 0.316 e. The van der Waals surface area contributed by atoms with Crippen LogP contribution in [-0.4, -0.2) is 273 Å². The molecule has 6 saturated heterocycles. The Morgan fingerprint density at radius 2 is 0.945 bits per heavy atom. The number of Topliss-reactive ketones (excluding diaryl/α,β-unsaturated/α-hetero) is 3. The Balaban J connectivity index is 0.000000276. The Labute approximate surface area is 742 Å². The maximum absolute atomic E-state index is 14.7. The van der Waals surface area contributed by atoms with Crippen molar-refractivity contribution < 1.29 is 129 Å². The summed E-state index contributed by atoms with van der Waals surface area (Å²) in [6.07, 6.45) is -3.87. The summed E-state index contributed by atoms with van der Waals surface area (Å²) in [6.45, 7) is 31.3. The van der Waals surface area contributed by atoms with Gasteiger partial charge in [0.05, 0.1) is 92.1 Å². The Kier molecular flexibility index (Phi) is 37.2. The van der Waals surface area contributed by atoms with Gasteiger partial charge in [0.25, 0.3) is 0 Å². The zero-order valence-electron chi connectivity index (χ0n) is 77.7. The number of fused-ring (bicyclic) bond motifs is 10. The van der Waals surface area contributed by atoms with Crippen LogP contribution >= 0.6 is 0 Å². The number of aromatic nitrogens is 4. The van der Waals surface area contributed by atoms with Crippen molar-refractivity contribution in [2.75, 3.05) is 54.6 Å². The predicted molar refractivity (Wildman–Crippen MR) is 458 cm³/mol. The molecule has 4 bridgehead atoms. The van der Waals surface area contributed by atoms with E-state index in [0.717, 1.165) is 11.3 Å². The first-order chi connectivity index (χ1) is 59.7. The second kappa shape index (κ2) is 45.6. The van der Waals surface area contributed by atoms with E-state index >= 15 is 0 Å². The predicted octanol–water partition coefficient (Wildman–Crippen LogP) is 8.56. The molecule has 4 N–H and O–H groups in total. The fourth-order valence-corrected chi connectivity index (χ4v) is 18.1. The summed E-state index contributed by atoms with van der Waals surface area (Å²) in [5.74, 6) is -6.52. The van der Waals surface area contributed by atoms with Crippen molar-refractivity contribution in [3.05, 3.63) is 72.3 Å². The SMILES string of the molecule is CC[C@H]1OC(=O)[C@H](C)C(=O)[C@H](C)[C@@H](O[C@@H]2O[C@H](C)C[C@H](N(C)C)[C@H]2OC(C)=O)[C@@]2(C)C[C@@H](C)C(=NC(C)=O)[C@H](C)[C@@H](OCC(=NOCc3ccc(-c4ccno4)nc3)CO2)[C@]1(C)O.CC[C@H]1OC(=O)[C@H](C)C(=O)[C@H](C)[C@@H](O[C@@H]2O[C@H](C)C[C@H](N(C)C)[C@H]2OC(C)=O)[C@@]2(C)C[C@@H](C)C(=NC(C)=O)[C@H](C)[C@@H](OCC(=O)CO2)[C@]1(C)O.NOCc1ccc(-c2ccno2)nc1. The van der Waals surface area contributed by atoms with Gasteiger partial charge in [-0.15, -0.1) is 0 Å². The second-order valence-electron chi connectivity index (χ2n) is 35.6. The van der Waals surface area contributed by atoms with Crippen molar-refractivity contribution in [1.29, 1.82) is 0 Å². The van der Waals surface area contributed by atoms with E-state index in [1.54, 1.807) is 92.2 Å². The van der Waals surface area contributed by atoms with Crippen molar-refractivity contribution in [2.24, 2.45) is 68.4 Å². The molecule has 4 aromatic rings. The third-order valence-electron chi connectivity index (χ3n) is 24.5. The number of likely N-dealkylation sites (N-methyl/N-ethyl adjacent to an activating group) is 2. The molecule has 37 heteroatoms. The van der Waals surface area contributed by atoms with E-state index in [-0.39, 0.29) is 75.5 Å². The third-order valence-corrected chi connectivity index (χ3v) is 24.5. The average molecular weight is 1790 g/mol. The Hall–Kier alpha value is -8.80. The fourth-order valence-electron chi connectivity index (χ4n) is 18.1. The molecule has 10 heterocycles. The summed E-state index contributed by atoms with van der Waals surface area (Å²) in [6, 6.07) is 10.1. The van der Waals surface area contributed by atoms with Gasteiger partial charge in [-0.1, -0.05) is 83.0 Å². The number of carbonyl (C=O) groups is 9. The Morgan fingerprint density at radius 1 is 0.543 bits per heavy atom. The fraction of sp³-hybridized carbons (Fsp3) is 0.689. The molecule has 0 aliphatic carbocycles. The summed E-state index contributed by atoms with van der Waals surface area (Å²) in [7, 11) is 7.45. The zero-order chi connectivity index (χ0) is 94.1. The maximum atomic E-state index is 14.7. The smallest absolute Gasteiger partial charge is 0.316 e. The van der Waals surface area contributed by atoms with Crippen LogP contribution in [0.3, 0.4) is 0 Å². The number of ether oxygens (including phenoxy) is 12. The summed E-state index contributed by atoms with van der Waals surface area (Å²) < 4.78 is 86.2. The number of esters is 4. The lowest BCUT2D eigenvalue weighted by atomic mass is 9.73. The first-order valence-electron chi connectivity index (χ1n) is 43.3. The van der Waals surface area contributed by atoms with Gasteiger partial charge in [-0.3, -0.25) is 58.0 Å². The van der Waals surface area contributed by atoms with Gasteiger partial charge >= 0.3 is 23.9 Å². The number of rotatable bonds is 17. The molecule has 704 valence electrons. The molecule has 37 nitrogen and oxygen atoms in total. The molecule has 2 amide bonds. The number of cyclic esters (lactones) is 2. The number of pyridine rings is 2. The van der Waals surface area contributed by atoms with E-state index in [1.807, 2.05) is 83.9 Å². The minimum atomic E-state index is -1.88. The first kappa shape index (κ1) is 104. The van der Waals surface area contributed by atoms with Crippen LogP contribution in [0.4, 0.5) is 0 Å². The van der Waals surface area contributed by atoms with Gasteiger partial charge in [-0.25, -0.2) is 15.9 Å². The minimum Gasteiger partial charge on any atom is -0.459 e. The normalized spacial score (nSPS) is 35.6. The number of oxime groups is 1. The molecule has 0 spiro atoms. The summed E-state index contributed by atoms with van der Waals surface area (Å²) in [5, 5.41) is 36.3. The number of nitrogens with two attached hydrogens (primary N) is 1. The molecule has 0 aromatic carbocycles. The lowest BCUT2D eigenvalue weighted by molar-refractivity contribution is -0.299. The van der Waals surface area contributed by atoms with Gasteiger partial charge < -0.3 is 90.7 Å². The van der Waals surface area contributed by atoms with Crippen LogP contribution in [-0.2, 0) is 123 Å². The van der Waals surface area contributed by atoms with Crippen molar-refractivity contribution >= 4 is 70.2 Å². The van der Waals surface area contributed by atoms with Gasteiger partial charge in [0.15, 0.2) is 53.7 Å². The highest BCUT2D eigenvalue weighted by atomic mass is 16.7. The molecule has 6 fully saturated rings. The van der Waals surface area contributed by atoms with Crippen molar-refractivity contribution in [1.82, 2.24) is 30.1 Å². The van der Waals surface area contributed by atoms with Gasteiger partial charge in [0, 0.05) is 92.9 Å². The highest BCUT2D eigenvalue weighted by molar-refractivity contribution is 6.02. The van der Waals surface area contributed by atoms with E-state index < -0.39 is 197 Å². The van der Waals surface area contributed by atoms with Crippen LogP contribution in [0.2, 0.25) is 0 Å². The number of ketones is 3. The number of aliphatic imine (C=N–C) groups is 2. The molecular formula is C90H132N10O27. The molecule has 6 aliphatic rings. The zero-order valence-corrected chi connectivity index (χ0v) is 77.7. The molecule has 0 unspecified atom stereocenters. The van der Waals surface area contributed by atoms with E-state index in [9.17, 15) is 53.4 Å². The molecule has 127 heavy (non-hydrogen) atoms. The number of carbonyl (C=O) groups excluding carboxylic acids is 9. The first-order valence-corrected chi connectivity index (χ1v) is 43.3. The summed E-state index contributed by atoms with van der Waals surface area (Å²) in [4.78, 5) is 152. The van der Waals surface area contributed by atoms with Gasteiger partial charge in [0.2, 0.25) is 11.8 Å². The number of hydrogen-bond donors (Lipinski definition) is 3. The van der Waals surface area contributed by atoms with E-state index in [0.29, 0.717) is 53.6 Å². The lowest BCUT2D eigenvalue weighted by Crippen LogP contribution is -2.60. The van der Waals surface area contributed by atoms with Crippen LogP contribution in [0.5, 0.6) is 0 Å². The number of nitrogens with zero attached hydrogens (tertiary/aromatic N) is 9. The van der Waals surface area contributed by atoms with E-state index in [2.05, 4.69) is 40.3 Å². The minimum absolute atomic E-state index is 0.0131. The third kappa shape index (κ3) is 26.5. The lowest BCUT2D eigenvalue weighted by Gasteiger charge is -2.48. The summed E-state index contributed by atoms with van der Waals surface area (Å²) in [5.41, 5.74) is -2.70. The van der Waals surface area contributed by atoms with Crippen LogP contribution in [0.25, 0.3) is 22.9 Å². The highest BCUT2D eigenvalue weighted by Crippen LogP contribution is 2.44. The molecular weight excluding hydrogens is 1650 g/mol. The molecule has 0 radical (unpaired) electrons. The monoisotopic (exact) mass is 1780 g/mol. The van der Waals surface area contributed by atoms with Crippen LogP contribution in [0, 0.1) is 47.3 Å². The largest absolute Gasteiger partial charge is 0.459 e.